The number of amides is 1. The largest absolute Gasteiger partial charge is 0.491 e. The Morgan fingerprint density at radius 1 is 0.917 bits per heavy atom. The van der Waals surface area contributed by atoms with Gasteiger partial charge >= 0.3 is 0 Å². The van der Waals surface area contributed by atoms with E-state index in [1.807, 2.05) is 51.1 Å². The van der Waals surface area contributed by atoms with E-state index in [9.17, 15) is 13.2 Å². The Morgan fingerprint density at radius 2 is 1.58 bits per heavy atom. The lowest BCUT2D eigenvalue weighted by Gasteiger charge is -2.25. The predicted octanol–water partition coefficient (Wildman–Crippen LogP) is 5.30. The molecule has 3 aromatic rings. The molecule has 192 valence electrons. The molecule has 0 radical (unpaired) electrons. The summed E-state index contributed by atoms with van der Waals surface area (Å²) in [5.41, 5.74) is 4.41. The van der Waals surface area contributed by atoms with Crippen LogP contribution in [0, 0.1) is 20.8 Å². The number of anilines is 1. The Labute approximate surface area is 215 Å². The molecule has 0 atom stereocenters. The zero-order chi connectivity index (χ0) is 26.5. The molecule has 36 heavy (non-hydrogen) atoms. The first-order valence-electron chi connectivity index (χ1n) is 12.1. The number of hydrogen-bond acceptors (Lipinski definition) is 4. The number of nitrogens with one attached hydrogen (secondary N) is 1. The third kappa shape index (κ3) is 6.66. The van der Waals surface area contributed by atoms with Crippen LogP contribution in [0.2, 0.25) is 0 Å². The quantitative estimate of drug-likeness (QED) is 0.398. The Balaban J connectivity index is 1.73. The molecule has 1 amide bonds. The van der Waals surface area contributed by atoms with Gasteiger partial charge in [-0.25, -0.2) is 8.42 Å². The molecule has 7 heteroatoms. The molecular formula is C29H36N2O4S. The van der Waals surface area contributed by atoms with Gasteiger partial charge in [0.25, 0.3) is 10.0 Å². The van der Waals surface area contributed by atoms with Gasteiger partial charge in [-0.05, 0) is 73.2 Å². The molecule has 0 fully saturated rings. The van der Waals surface area contributed by atoms with Gasteiger partial charge in [0.1, 0.15) is 18.9 Å². The molecule has 3 rings (SSSR count). The summed E-state index contributed by atoms with van der Waals surface area (Å²) in [6, 6.07) is 19.9. The van der Waals surface area contributed by atoms with Crippen LogP contribution < -0.4 is 14.4 Å². The lowest BCUT2D eigenvalue weighted by Crippen LogP contribution is -2.42. The molecule has 0 unspecified atom stereocenters. The van der Waals surface area contributed by atoms with Crippen LogP contribution in [0.1, 0.15) is 43.0 Å². The van der Waals surface area contributed by atoms with Crippen LogP contribution in [0.3, 0.4) is 0 Å². The van der Waals surface area contributed by atoms with Crippen LogP contribution in [0.25, 0.3) is 0 Å². The van der Waals surface area contributed by atoms with Gasteiger partial charge in [-0.2, -0.15) is 0 Å². The van der Waals surface area contributed by atoms with Crippen molar-refractivity contribution in [3.63, 3.8) is 0 Å². The van der Waals surface area contributed by atoms with E-state index in [1.54, 1.807) is 36.4 Å². The highest BCUT2D eigenvalue weighted by molar-refractivity contribution is 7.92. The van der Waals surface area contributed by atoms with Crippen LogP contribution in [-0.4, -0.2) is 34.0 Å². The van der Waals surface area contributed by atoms with E-state index in [1.165, 1.54) is 0 Å². The van der Waals surface area contributed by atoms with Gasteiger partial charge in [0.05, 0.1) is 17.1 Å². The van der Waals surface area contributed by atoms with Crippen LogP contribution in [0.4, 0.5) is 5.69 Å². The summed E-state index contributed by atoms with van der Waals surface area (Å²) in [6.45, 7) is 12.3. The summed E-state index contributed by atoms with van der Waals surface area (Å²) in [7, 11) is -3.95. The number of carbonyl (C=O) groups excluding carboxylic acids is 1. The number of rotatable bonds is 9. The van der Waals surface area contributed by atoms with Crippen molar-refractivity contribution in [3.05, 3.63) is 89.0 Å². The van der Waals surface area contributed by atoms with E-state index in [-0.39, 0.29) is 30.0 Å². The molecule has 0 spiro atoms. The molecule has 0 aliphatic carbocycles. The Hall–Kier alpha value is -3.32. The minimum absolute atomic E-state index is 0.0726. The van der Waals surface area contributed by atoms with Crippen molar-refractivity contribution in [3.8, 4) is 5.75 Å². The molecule has 0 bridgehead atoms. The summed E-state index contributed by atoms with van der Waals surface area (Å²) < 4.78 is 34.2. The molecule has 6 nitrogen and oxygen atoms in total. The van der Waals surface area contributed by atoms with Crippen molar-refractivity contribution in [2.45, 2.75) is 51.9 Å². The lowest BCUT2D eigenvalue weighted by atomic mass is 9.86. The molecule has 0 aromatic heterocycles. The third-order valence-electron chi connectivity index (χ3n) is 6.05. The van der Waals surface area contributed by atoms with Crippen molar-refractivity contribution in [1.29, 1.82) is 0 Å². The fourth-order valence-corrected chi connectivity index (χ4v) is 5.20. The van der Waals surface area contributed by atoms with Crippen LogP contribution in [0.5, 0.6) is 5.75 Å². The van der Waals surface area contributed by atoms with Gasteiger partial charge in [0.15, 0.2) is 0 Å². The minimum atomic E-state index is -3.95. The highest BCUT2D eigenvalue weighted by Crippen LogP contribution is 2.31. The van der Waals surface area contributed by atoms with E-state index in [4.69, 9.17) is 4.74 Å². The van der Waals surface area contributed by atoms with Gasteiger partial charge in [-0.3, -0.25) is 9.10 Å². The van der Waals surface area contributed by atoms with E-state index in [0.29, 0.717) is 5.69 Å². The number of carbonyl (C=O) groups is 1. The smallest absolute Gasteiger partial charge is 0.264 e. The van der Waals surface area contributed by atoms with E-state index >= 15 is 0 Å². The van der Waals surface area contributed by atoms with E-state index in [2.05, 4.69) is 26.1 Å². The van der Waals surface area contributed by atoms with Gasteiger partial charge in [-0.1, -0.05) is 62.7 Å². The number of hydrogen-bond donors (Lipinski definition) is 1. The minimum Gasteiger partial charge on any atom is -0.491 e. The van der Waals surface area contributed by atoms with Crippen molar-refractivity contribution in [2.24, 2.45) is 0 Å². The molecule has 0 heterocycles. The molecule has 0 aliphatic rings. The van der Waals surface area contributed by atoms with Crippen LogP contribution >= 0.6 is 0 Å². The average Bonchev–Trinajstić information content (AvgIpc) is 2.82. The van der Waals surface area contributed by atoms with Crippen LogP contribution in [0.15, 0.2) is 71.6 Å². The molecule has 0 aliphatic heterocycles. The Morgan fingerprint density at radius 3 is 2.22 bits per heavy atom. The predicted molar refractivity (Wildman–Crippen MR) is 145 cm³/mol. The van der Waals surface area contributed by atoms with Crippen molar-refractivity contribution in [1.82, 2.24) is 5.32 Å². The van der Waals surface area contributed by atoms with Gasteiger partial charge < -0.3 is 10.1 Å². The number of nitrogens with zero attached hydrogens (tertiary/aromatic N) is 1. The average molecular weight is 509 g/mol. The Bertz CT molecular complexity index is 1310. The monoisotopic (exact) mass is 508 g/mol. The maximum atomic E-state index is 13.5. The zero-order valence-electron chi connectivity index (χ0n) is 22.0. The van der Waals surface area contributed by atoms with E-state index in [0.717, 1.165) is 32.3 Å². The van der Waals surface area contributed by atoms with Crippen LogP contribution in [-0.2, 0) is 20.2 Å². The summed E-state index contributed by atoms with van der Waals surface area (Å²) in [5, 5.41) is 2.80. The SMILES string of the molecule is Cc1ccc(S(=O)(=O)N(CC(=O)NCCOc2ccccc2C(C)(C)C)c2ccc(C)c(C)c2)cc1. The lowest BCUT2D eigenvalue weighted by molar-refractivity contribution is -0.119. The van der Waals surface area contributed by atoms with Crippen molar-refractivity contribution >= 4 is 21.6 Å². The second-order valence-electron chi connectivity index (χ2n) is 10.0. The maximum absolute atomic E-state index is 13.5. The van der Waals surface area contributed by atoms with E-state index < -0.39 is 15.9 Å². The van der Waals surface area contributed by atoms with Gasteiger partial charge in [0, 0.05) is 0 Å². The number of benzene rings is 3. The van der Waals surface area contributed by atoms with Crippen molar-refractivity contribution < 1.29 is 17.9 Å². The van der Waals surface area contributed by atoms with Gasteiger partial charge in [0.2, 0.25) is 5.91 Å². The summed E-state index contributed by atoms with van der Waals surface area (Å²) in [6.07, 6.45) is 0. The summed E-state index contributed by atoms with van der Waals surface area (Å²) >= 11 is 0. The number of sulfonamides is 1. The number of aryl methyl sites for hydroxylation is 3. The molecule has 0 saturated heterocycles. The number of ether oxygens (including phenoxy) is 1. The topological polar surface area (TPSA) is 75.7 Å². The molecule has 1 N–H and O–H groups in total. The first kappa shape index (κ1) is 27.3. The Kier molecular flexibility index (Phi) is 8.46. The normalized spacial score (nSPS) is 11.7. The molecular weight excluding hydrogens is 472 g/mol. The maximum Gasteiger partial charge on any atom is 0.264 e. The number of para-hydroxylation sites is 1. The zero-order valence-corrected chi connectivity index (χ0v) is 22.8. The first-order valence-corrected chi connectivity index (χ1v) is 13.5. The van der Waals surface area contributed by atoms with Crippen molar-refractivity contribution in [2.75, 3.05) is 24.0 Å². The standard InChI is InChI=1S/C29H36N2O4S/c1-21-11-15-25(16-12-21)36(33,34)31(24-14-13-22(2)23(3)19-24)20-28(32)30-17-18-35-27-10-8-7-9-26(27)29(4,5)6/h7-16,19H,17-18,20H2,1-6H3,(H,30,32). The molecule has 0 saturated carbocycles. The third-order valence-corrected chi connectivity index (χ3v) is 7.84. The molecule has 3 aromatic carbocycles. The summed E-state index contributed by atoms with van der Waals surface area (Å²) in [5.74, 6) is 0.370. The highest BCUT2D eigenvalue weighted by Gasteiger charge is 2.27. The highest BCUT2D eigenvalue weighted by atomic mass is 32.2. The summed E-state index contributed by atoms with van der Waals surface area (Å²) in [4.78, 5) is 13.0. The van der Waals surface area contributed by atoms with Gasteiger partial charge in [-0.15, -0.1) is 0 Å². The second-order valence-corrected chi connectivity index (χ2v) is 11.9. The first-order chi connectivity index (χ1) is 16.9. The fourth-order valence-electron chi connectivity index (χ4n) is 3.78. The fraction of sp³-hybridized carbons (Fsp3) is 0.345. The second kappa shape index (κ2) is 11.2.